The van der Waals surface area contributed by atoms with E-state index >= 15 is 0 Å². The average Bonchev–Trinajstić information content (AvgIpc) is 3.46. The molecule has 3 heterocycles. The lowest BCUT2D eigenvalue weighted by Crippen LogP contribution is -2.38. The van der Waals surface area contributed by atoms with Gasteiger partial charge in [0.1, 0.15) is 10.8 Å². The van der Waals surface area contributed by atoms with E-state index in [1.807, 2.05) is 40.5 Å². The molecule has 0 radical (unpaired) electrons. The molecule has 0 bridgehead atoms. The Balaban J connectivity index is 1.49. The molecule has 35 heavy (non-hydrogen) atoms. The summed E-state index contributed by atoms with van der Waals surface area (Å²) in [5, 5.41) is 4.94. The van der Waals surface area contributed by atoms with Crippen molar-refractivity contribution in [2.24, 2.45) is 0 Å². The highest BCUT2D eigenvalue weighted by atomic mass is 35.5. The van der Waals surface area contributed by atoms with E-state index in [1.165, 1.54) is 33.8 Å². The predicted octanol–water partition coefficient (Wildman–Crippen LogP) is 7.22. The second kappa shape index (κ2) is 9.10. The van der Waals surface area contributed by atoms with Gasteiger partial charge >= 0.3 is 6.03 Å². The van der Waals surface area contributed by atoms with Gasteiger partial charge in [0.15, 0.2) is 0 Å². The summed E-state index contributed by atoms with van der Waals surface area (Å²) in [5.41, 5.74) is 5.51. The van der Waals surface area contributed by atoms with Crippen molar-refractivity contribution in [3.8, 4) is 10.8 Å². The number of nitrogens with one attached hydrogen (secondary N) is 1. The van der Waals surface area contributed by atoms with Crippen molar-refractivity contribution < 1.29 is 9.53 Å². The Morgan fingerprint density at radius 3 is 2.69 bits per heavy atom. The van der Waals surface area contributed by atoms with E-state index in [1.54, 1.807) is 19.2 Å². The molecule has 1 atom stereocenters. The van der Waals surface area contributed by atoms with Crippen molar-refractivity contribution in [1.29, 1.82) is 0 Å². The summed E-state index contributed by atoms with van der Waals surface area (Å²) in [6.45, 7) is 0.548. The summed E-state index contributed by atoms with van der Waals surface area (Å²) < 4.78 is 7.68. The van der Waals surface area contributed by atoms with Crippen LogP contribution in [-0.4, -0.2) is 22.6 Å². The predicted molar refractivity (Wildman–Crippen MR) is 141 cm³/mol. The first-order valence-electron chi connectivity index (χ1n) is 11.9. The molecule has 0 spiro atoms. The Hall–Kier alpha value is -3.22. The lowest BCUT2D eigenvalue weighted by Gasteiger charge is -2.31. The first-order chi connectivity index (χ1) is 17.1. The zero-order chi connectivity index (χ0) is 23.9. The van der Waals surface area contributed by atoms with Gasteiger partial charge in [-0.05, 0) is 79.3 Å². The van der Waals surface area contributed by atoms with Gasteiger partial charge in [-0.1, -0.05) is 29.8 Å². The maximum atomic E-state index is 13.9. The fourth-order valence-corrected chi connectivity index (χ4v) is 6.88. The number of thiophene rings is 1. The number of carbonyl (C=O) groups is 1. The Morgan fingerprint density at radius 1 is 1.06 bits per heavy atom. The average molecular weight is 504 g/mol. The van der Waals surface area contributed by atoms with Crippen molar-refractivity contribution in [2.75, 3.05) is 12.4 Å². The zero-order valence-corrected chi connectivity index (χ0v) is 21.0. The number of fused-ring (bicyclic) bond motifs is 5. The molecule has 4 aromatic rings. The van der Waals surface area contributed by atoms with Crippen LogP contribution in [0.3, 0.4) is 0 Å². The molecule has 1 aliphatic heterocycles. The fourth-order valence-electron chi connectivity index (χ4n) is 5.29. The minimum absolute atomic E-state index is 0.149. The molecular weight excluding hydrogens is 478 g/mol. The molecule has 0 saturated heterocycles. The monoisotopic (exact) mass is 503 g/mol. The minimum atomic E-state index is -0.256. The smallest absolute Gasteiger partial charge is 0.322 e. The number of rotatable bonds is 3. The van der Waals surface area contributed by atoms with Gasteiger partial charge < -0.3 is 19.5 Å². The van der Waals surface area contributed by atoms with Gasteiger partial charge in [0.2, 0.25) is 0 Å². The molecule has 2 amide bonds. The number of urea groups is 1. The molecule has 178 valence electrons. The third-order valence-electron chi connectivity index (χ3n) is 6.95. The number of hydrogen-bond acceptors (Lipinski definition) is 3. The summed E-state index contributed by atoms with van der Waals surface area (Å²) in [5.74, 6) is 0.792. The van der Waals surface area contributed by atoms with E-state index in [9.17, 15) is 4.79 Å². The van der Waals surface area contributed by atoms with Gasteiger partial charge in [0.05, 0.1) is 25.4 Å². The lowest BCUT2D eigenvalue weighted by molar-refractivity contribution is 0.194. The van der Waals surface area contributed by atoms with Gasteiger partial charge in [0.25, 0.3) is 0 Å². The Labute approximate surface area is 213 Å². The van der Waals surface area contributed by atoms with Gasteiger partial charge in [-0.25, -0.2) is 4.79 Å². The SMILES string of the molecule is COc1ccc([C@@H]2c3cccn3-c3sc4c(c3CN2C(=O)Nc2cccc(Cl)c2)CCCC4)cc1. The third-order valence-corrected chi connectivity index (χ3v) is 8.52. The molecule has 0 saturated carbocycles. The number of anilines is 1. The fraction of sp³-hybridized carbons (Fsp3) is 0.250. The number of benzene rings is 2. The summed E-state index contributed by atoms with van der Waals surface area (Å²) >= 11 is 8.09. The lowest BCUT2D eigenvalue weighted by atomic mass is 9.95. The maximum Gasteiger partial charge on any atom is 0.322 e. The number of aryl methyl sites for hydroxylation is 1. The number of carbonyl (C=O) groups excluding carboxylic acids is 1. The number of nitrogens with zero attached hydrogens (tertiary/aromatic N) is 2. The van der Waals surface area contributed by atoms with Crippen LogP contribution in [0.1, 0.15) is 46.1 Å². The first kappa shape index (κ1) is 22.3. The van der Waals surface area contributed by atoms with Crippen molar-refractivity contribution in [3.05, 3.63) is 99.1 Å². The minimum Gasteiger partial charge on any atom is -0.497 e. The summed E-state index contributed by atoms with van der Waals surface area (Å²) in [6, 6.07) is 19.1. The second-order valence-electron chi connectivity index (χ2n) is 9.04. The topological polar surface area (TPSA) is 46.5 Å². The third kappa shape index (κ3) is 4.01. The largest absolute Gasteiger partial charge is 0.497 e. The molecule has 1 aliphatic carbocycles. The normalized spacial score (nSPS) is 16.6. The molecule has 5 nitrogen and oxygen atoms in total. The number of aromatic nitrogens is 1. The van der Waals surface area contributed by atoms with Crippen molar-refractivity contribution >= 4 is 34.7 Å². The van der Waals surface area contributed by atoms with Crippen molar-refractivity contribution in [3.63, 3.8) is 0 Å². The highest BCUT2D eigenvalue weighted by Crippen LogP contribution is 2.44. The number of ether oxygens (including phenoxy) is 1. The quantitative estimate of drug-likeness (QED) is 0.321. The summed E-state index contributed by atoms with van der Waals surface area (Å²) in [4.78, 5) is 17.3. The summed E-state index contributed by atoms with van der Waals surface area (Å²) in [7, 11) is 1.66. The van der Waals surface area contributed by atoms with Crippen LogP contribution in [0.25, 0.3) is 5.00 Å². The number of hydrogen-bond donors (Lipinski definition) is 1. The van der Waals surface area contributed by atoms with Crippen LogP contribution in [0, 0.1) is 0 Å². The second-order valence-corrected chi connectivity index (χ2v) is 10.6. The molecule has 6 rings (SSSR count). The zero-order valence-electron chi connectivity index (χ0n) is 19.5. The molecule has 0 unspecified atom stereocenters. The maximum absolute atomic E-state index is 13.9. The van der Waals surface area contributed by atoms with Gasteiger partial charge in [0, 0.05) is 27.3 Å². The van der Waals surface area contributed by atoms with E-state index in [0.717, 1.165) is 29.8 Å². The molecule has 2 aromatic carbocycles. The highest BCUT2D eigenvalue weighted by Gasteiger charge is 2.36. The van der Waals surface area contributed by atoms with Crippen molar-refractivity contribution in [2.45, 2.75) is 38.3 Å². The van der Waals surface area contributed by atoms with Crippen LogP contribution >= 0.6 is 22.9 Å². The number of halogens is 1. The van der Waals surface area contributed by atoms with E-state index in [-0.39, 0.29) is 12.1 Å². The van der Waals surface area contributed by atoms with E-state index in [4.69, 9.17) is 16.3 Å². The first-order valence-corrected chi connectivity index (χ1v) is 13.1. The van der Waals surface area contributed by atoms with Crippen LogP contribution < -0.4 is 10.1 Å². The highest BCUT2D eigenvalue weighted by molar-refractivity contribution is 7.15. The molecular formula is C28H26ClN3O2S. The number of amides is 2. The van der Waals surface area contributed by atoms with Crippen LogP contribution in [0.4, 0.5) is 10.5 Å². The Morgan fingerprint density at radius 2 is 1.89 bits per heavy atom. The van der Waals surface area contributed by atoms with E-state index in [2.05, 4.69) is 40.3 Å². The van der Waals surface area contributed by atoms with Crippen LogP contribution in [0.15, 0.2) is 66.9 Å². The van der Waals surface area contributed by atoms with Crippen LogP contribution in [0.5, 0.6) is 5.75 Å². The van der Waals surface area contributed by atoms with Gasteiger partial charge in [-0.15, -0.1) is 11.3 Å². The molecule has 7 heteroatoms. The van der Waals surface area contributed by atoms with Crippen molar-refractivity contribution in [1.82, 2.24) is 9.47 Å². The van der Waals surface area contributed by atoms with Gasteiger partial charge in [-0.3, -0.25) is 0 Å². The molecule has 1 N–H and O–H groups in total. The van der Waals surface area contributed by atoms with E-state index < -0.39 is 0 Å². The van der Waals surface area contributed by atoms with Gasteiger partial charge in [-0.2, -0.15) is 0 Å². The Bertz CT molecular complexity index is 1390. The number of methoxy groups -OCH3 is 1. The summed E-state index contributed by atoms with van der Waals surface area (Å²) in [6.07, 6.45) is 6.77. The standard InChI is InChI=1S/C28H26ClN3O2S/c1-34-21-13-11-18(12-14-21)26-24-9-5-15-31(24)27-23(22-8-2-3-10-25(22)35-27)17-32(26)28(33)30-20-7-4-6-19(29)16-20/h4-7,9,11-16,26H,2-3,8,10,17H2,1H3,(H,30,33)/t26-/m1/s1. The Kier molecular flexibility index (Phi) is 5.78. The van der Waals surface area contributed by atoms with E-state index in [0.29, 0.717) is 17.3 Å². The van der Waals surface area contributed by atoms with Crippen LogP contribution in [0.2, 0.25) is 5.02 Å². The molecule has 2 aromatic heterocycles. The molecule has 2 aliphatic rings. The molecule has 0 fully saturated rings. The van der Waals surface area contributed by atoms with Crippen LogP contribution in [-0.2, 0) is 19.4 Å².